The predicted molar refractivity (Wildman–Crippen MR) is 105 cm³/mol. The molecule has 0 aliphatic carbocycles. The van der Waals surface area contributed by atoms with Crippen LogP contribution in [-0.4, -0.2) is 37.0 Å². The third-order valence-corrected chi connectivity index (χ3v) is 5.81. The lowest BCUT2D eigenvalue weighted by Gasteiger charge is -2.34. The molecule has 0 saturated carbocycles. The molecule has 0 bridgehead atoms. The molecule has 0 aromatic heterocycles. The highest BCUT2D eigenvalue weighted by molar-refractivity contribution is 5.92. The van der Waals surface area contributed by atoms with E-state index >= 15 is 0 Å². The van der Waals surface area contributed by atoms with Crippen LogP contribution in [0.4, 0.5) is 5.69 Å². The van der Waals surface area contributed by atoms with Crippen LogP contribution in [0.5, 0.6) is 0 Å². The van der Waals surface area contributed by atoms with Crippen LogP contribution in [-0.2, 0) is 13.0 Å². The number of nitrogens with two attached hydrogens (primary N) is 1. The number of para-hydroxylation sites is 1. The number of fused-ring (bicyclic) bond motifs is 1. The van der Waals surface area contributed by atoms with Gasteiger partial charge < -0.3 is 10.6 Å². The lowest BCUT2D eigenvalue weighted by Crippen LogP contribution is -2.38. The van der Waals surface area contributed by atoms with E-state index in [-0.39, 0.29) is 5.91 Å². The number of amides is 1. The molecule has 0 atom stereocenters. The van der Waals surface area contributed by atoms with Gasteiger partial charge in [0.25, 0.3) is 0 Å². The third kappa shape index (κ3) is 3.75. The average Bonchev–Trinajstić information content (AvgIpc) is 3.07. The van der Waals surface area contributed by atoms with Crippen molar-refractivity contribution < 1.29 is 4.79 Å². The number of carbonyl (C=O) groups is 1. The summed E-state index contributed by atoms with van der Waals surface area (Å²) >= 11 is 0. The Morgan fingerprint density at radius 2 is 1.73 bits per heavy atom. The molecule has 2 heterocycles. The number of carbonyl (C=O) groups excluding carboxylic acids is 1. The predicted octanol–water partition coefficient (Wildman–Crippen LogP) is 3.06. The standard InChI is InChI=1S/C22H27N3O/c23-22(26)20-7-5-17(6-8-20)15-24-12-9-18(10-13-24)16-25-14-11-19-3-1-2-4-21(19)25/h1-8,18H,9-16H2,(H2,23,26). The maximum atomic E-state index is 11.2. The summed E-state index contributed by atoms with van der Waals surface area (Å²) < 4.78 is 0. The quantitative estimate of drug-likeness (QED) is 0.902. The molecule has 4 heteroatoms. The minimum absolute atomic E-state index is 0.360. The zero-order chi connectivity index (χ0) is 17.9. The maximum absolute atomic E-state index is 11.2. The van der Waals surface area contributed by atoms with Crippen LogP contribution in [0.1, 0.15) is 34.3 Å². The first-order chi connectivity index (χ1) is 12.7. The van der Waals surface area contributed by atoms with Crippen LogP contribution in [0.15, 0.2) is 48.5 Å². The van der Waals surface area contributed by atoms with E-state index in [0.29, 0.717) is 5.56 Å². The van der Waals surface area contributed by atoms with Gasteiger partial charge in [0.1, 0.15) is 0 Å². The number of piperidine rings is 1. The Bertz CT molecular complexity index is 763. The molecule has 2 aliphatic rings. The molecule has 2 aromatic carbocycles. The van der Waals surface area contributed by atoms with E-state index in [2.05, 4.69) is 34.1 Å². The summed E-state index contributed by atoms with van der Waals surface area (Å²) in [7, 11) is 0. The molecule has 1 saturated heterocycles. The number of likely N-dealkylation sites (tertiary alicyclic amines) is 1. The van der Waals surface area contributed by atoms with Crippen LogP contribution in [0.3, 0.4) is 0 Å². The van der Waals surface area contributed by atoms with Crippen molar-refractivity contribution in [3.05, 3.63) is 65.2 Å². The molecule has 2 aliphatic heterocycles. The second kappa shape index (κ2) is 7.50. The van der Waals surface area contributed by atoms with Gasteiger partial charge in [-0.3, -0.25) is 9.69 Å². The number of hydrogen-bond acceptors (Lipinski definition) is 3. The molecule has 0 radical (unpaired) electrons. The van der Waals surface area contributed by atoms with Gasteiger partial charge in [-0.05, 0) is 67.6 Å². The third-order valence-electron chi connectivity index (χ3n) is 5.81. The van der Waals surface area contributed by atoms with Gasteiger partial charge in [0.15, 0.2) is 0 Å². The zero-order valence-electron chi connectivity index (χ0n) is 15.2. The van der Waals surface area contributed by atoms with Gasteiger partial charge in [-0.15, -0.1) is 0 Å². The van der Waals surface area contributed by atoms with E-state index in [9.17, 15) is 4.79 Å². The smallest absolute Gasteiger partial charge is 0.248 e. The van der Waals surface area contributed by atoms with Crippen molar-refractivity contribution in [3.63, 3.8) is 0 Å². The molecule has 4 nitrogen and oxygen atoms in total. The first-order valence-corrected chi connectivity index (χ1v) is 9.63. The highest BCUT2D eigenvalue weighted by Gasteiger charge is 2.25. The van der Waals surface area contributed by atoms with Crippen LogP contribution >= 0.6 is 0 Å². The number of hydrogen-bond donors (Lipinski definition) is 1. The van der Waals surface area contributed by atoms with Gasteiger partial charge in [0.05, 0.1) is 0 Å². The maximum Gasteiger partial charge on any atom is 0.248 e. The van der Waals surface area contributed by atoms with Crippen LogP contribution < -0.4 is 10.6 Å². The normalized spacial score (nSPS) is 18.1. The van der Waals surface area contributed by atoms with Crippen molar-refractivity contribution in [2.75, 3.05) is 31.1 Å². The van der Waals surface area contributed by atoms with Crippen molar-refractivity contribution in [2.24, 2.45) is 11.7 Å². The van der Waals surface area contributed by atoms with E-state index in [4.69, 9.17) is 5.73 Å². The van der Waals surface area contributed by atoms with E-state index in [1.54, 1.807) is 0 Å². The summed E-state index contributed by atoms with van der Waals surface area (Å²) in [5, 5.41) is 0. The number of anilines is 1. The van der Waals surface area contributed by atoms with Crippen molar-refractivity contribution in [1.29, 1.82) is 0 Å². The second-order valence-corrected chi connectivity index (χ2v) is 7.61. The van der Waals surface area contributed by atoms with Crippen molar-refractivity contribution in [2.45, 2.75) is 25.8 Å². The molecule has 2 N–H and O–H groups in total. The fourth-order valence-electron chi connectivity index (χ4n) is 4.27. The molecule has 4 rings (SSSR count). The molecule has 26 heavy (non-hydrogen) atoms. The fraction of sp³-hybridized carbons (Fsp3) is 0.409. The Hall–Kier alpha value is -2.33. The summed E-state index contributed by atoms with van der Waals surface area (Å²) in [5.74, 6) is 0.426. The van der Waals surface area contributed by atoms with Crippen molar-refractivity contribution in [3.8, 4) is 0 Å². The molecular formula is C22H27N3O. The number of primary amides is 1. The Balaban J connectivity index is 1.27. The average molecular weight is 349 g/mol. The van der Waals surface area contributed by atoms with Crippen molar-refractivity contribution in [1.82, 2.24) is 4.90 Å². The molecule has 1 fully saturated rings. The van der Waals surface area contributed by atoms with Gasteiger partial charge in [0, 0.05) is 30.9 Å². The monoisotopic (exact) mass is 349 g/mol. The molecule has 1 amide bonds. The number of benzene rings is 2. The topological polar surface area (TPSA) is 49.6 Å². The van der Waals surface area contributed by atoms with Crippen molar-refractivity contribution >= 4 is 11.6 Å². The molecule has 136 valence electrons. The largest absolute Gasteiger partial charge is 0.371 e. The summed E-state index contributed by atoms with van der Waals surface area (Å²) in [5.41, 5.74) is 10.1. The van der Waals surface area contributed by atoms with Crippen LogP contribution in [0.2, 0.25) is 0 Å². The fourth-order valence-corrected chi connectivity index (χ4v) is 4.27. The van der Waals surface area contributed by atoms with Gasteiger partial charge in [-0.1, -0.05) is 30.3 Å². The Morgan fingerprint density at radius 1 is 1.00 bits per heavy atom. The second-order valence-electron chi connectivity index (χ2n) is 7.61. The molecule has 2 aromatic rings. The first-order valence-electron chi connectivity index (χ1n) is 9.63. The Morgan fingerprint density at radius 3 is 2.46 bits per heavy atom. The van der Waals surface area contributed by atoms with E-state index in [1.807, 2.05) is 24.3 Å². The lowest BCUT2D eigenvalue weighted by atomic mass is 9.95. The highest BCUT2D eigenvalue weighted by atomic mass is 16.1. The Kier molecular flexibility index (Phi) is 4.93. The molecular weight excluding hydrogens is 322 g/mol. The summed E-state index contributed by atoms with van der Waals surface area (Å²) in [4.78, 5) is 16.3. The molecule has 0 unspecified atom stereocenters. The number of rotatable bonds is 5. The summed E-state index contributed by atoms with van der Waals surface area (Å²) in [6.45, 7) is 5.62. The van der Waals surface area contributed by atoms with Gasteiger partial charge in [-0.2, -0.15) is 0 Å². The van der Waals surface area contributed by atoms with Crippen LogP contribution in [0.25, 0.3) is 0 Å². The van der Waals surface area contributed by atoms with Gasteiger partial charge >= 0.3 is 0 Å². The lowest BCUT2D eigenvalue weighted by molar-refractivity contribution is 0.1000. The van der Waals surface area contributed by atoms with Gasteiger partial charge in [0.2, 0.25) is 5.91 Å². The van der Waals surface area contributed by atoms with E-state index < -0.39 is 0 Å². The molecule has 0 spiro atoms. The summed E-state index contributed by atoms with van der Waals surface area (Å²) in [6, 6.07) is 16.5. The van der Waals surface area contributed by atoms with E-state index in [1.165, 1.54) is 49.2 Å². The first kappa shape index (κ1) is 17.1. The van der Waals surface area contributed by atoms with E-state index in [0.717, 1.165) is 25.6 Å². The van der Waals surface area contributed by atoms with Gasteiger partial charge in [-0.25, -0.2) is 0 Å². The van der Waals surface area contributed by atoms with Crippen LogP contribution in [0, 0.1) is 5.92 Å². The summed E-state index contributed by atoms with van der Waals surface area (Å²) in [6.07, 6.45) is 3.71. The minimum atomic E-state index is -0.360. The highest BCUT2D eigenvalue weighted by Crippen LogP contribution is 2.30. The zero-order valence-corrected chi connectivity index (χ0v) is 15.2. The SMILES string of the molecule is NC(=O)c1ccc(CN2CCC(CN3CCc4ccccc43)CC2)cc1. The minimum Gasteiger partial charge on any atom is -0.371 e. The number of nitrogens with zero attached hydrogens (tertiary/aromatic N) is 2. The Labute approximate surface area is 155 Å².